The zero-order chi connectivity index (χ0) is 25.8. The van der Waals surface area contributed by atoms with Crippen molar-refractivity contribution in [3.8, 4) is 11.5 Å². The highest BCUT2D eigenvalue weighted by Gasteiger charge is 2.26. The van der Waals surface area contributed by atoms with Gasteiger partial charge in [-0.05, 0) is 85.5 Å². The number of hydrogen-bond acceptors (Lipinski definition) is 6. The van der Waals surface area contributed by atoms with Crippen LogP contribution >= 0.6 is 11.6 Å². The number of para-hydroxylation sites is 1. The van der Waals surface area contributed by atoms with Crippen LogP contribution in [0.3, 0.4) is 0 Å². The predicted octanol–water partition coefficient (Wildman–Crippen LogP) is 7.00. The lowest BCUT2D eigenvalue weighted by molar-refractivity contribution is 0.0694. The number of carboxylic acid groups (broad SMARTS) is 1. The van der Waals surface area contributed by atoms with E-state index >= 15 is 0 Å². The third kappa shape index (κ3) is 5.73. The normalized spacial score (nSPS) is 13.3. The topological polar surface area (TPSA) is 95.2 Å². The summed E-state index contributed by atoms with van der Waals surface area (Å²) in [5.41, 5.74) is 2.81. The van der Waals surface area contributed by atoms with E-state index in [0.29, 0.717) is 27.9 Å². The maximum Gasteiger partial charge on any atom is 0.339 e. The SMILES string of the molecule is O=C(O)c1cc(/C(=N\O)c2ccc(N(CC3CC3)c3ccc(Cl)cc3)cn2)ccc1Oc1ccccc1. The summed E-state index contributed by atoms with van der Waals surface area (Å²) >= 11 is 6.08. The van der Waals surface area contributed by atoms with Gasteiger partial charge in [0.15, 0.2) is 0 Å². The lowest BCUT2D eigenvalue weighted by Gasteiger charge is -2.25. The highest BCUT2D eigenvalue weighted by Crippen LogP contribution is 2.35. The fourth-order valence-electron chi connectivity index (χ4n) is 4.03. The van der Waals surface area contributed by atoms with Crippen LogP contribution in [0.15, 0.2) is 96.3 Å². The Morgan fingerprint density at radius 3 is 2.35 bits per heavy atom. The first-order valence-corrected chi connectivity index (χ1v) is 12.2. The van der Waals surface area contributed by atoms with E-state index < -0.39 is 5.97 Å². The van der Waals surface area contributed by atoms with Crippen LogP contribution < -0.4 is 9.64 Å². The Bertz CT molecular complexity index is 1420. The molecule has 37 heavy (non-hydrogen) atoms. The van der Waals surface area contributed by atoms with Crippen LogP contribution in [0.5, 0.6) is 11.5 Å². The van der Waals surface area contributed by atoms with E-state index in [0.717, 1.165) is 17.9 Å². The summed E-state index contributed by atoms with van der Waals surface area (Å²) in [7, 11) is 0. The second-order valence-corrected chi connectivity index (χ2v) is 9.25. The molecule has 0 bridgehead atoms. The molecule has 0 atom stereocenters. The highest BCUT2D eigenvalue weighted by atomic mass is 35.5. The summed E-state index contributed by atoms with van der Waals surface area (Å²) in [6.45, 7) is 0.869. The van der Waals surface area contributed by atoms with Gasteiger partial charge in [0.2, 0.25) is 0 Å². The van der Waals surface area contributed by atoms with Gasteiger partial charge in [0.05, 0.1) is 17.6 Å². The molecule has 1 aliphatic rings. The van der Waals surface area contributed by atoms with Crippen LogP contribution in [0.1, 0.15) is 34.5 Å². The zero-order valence-electron chi connectivity index (χ0n) is 19.8. The number of nitrogens with zero attached hydrogens (tertiary/aromatic N) is 3. The molecule has 3 aromatic carbocycles. The molecule has 0 aliphatic heterocycles. The van der Waals surface area contributed by atoms with Gasteiger partial charge in [-0.25, -0.2) is 4.79 Å². The van der Waals surface area contributed by atoms with Gasteiger partial charge in [-0.3, -0.25) is 4.98 Å². The number of oxime groups is 1. The fourth-order valence-corrected chi connectivity index (χ4v) is 4.16. The molecule has 8 heteroatoms. The van der Waals surface area contributed by atoms with Crippen molar-refractivity contribution in [3.63, 3.8) is 0 Å². The number of aromatic carboxylic acids is 1. The Kier molecular flexibility index (Phi) is 7.05. The molecule has 1 heterocycles. The molecule has 4 aromatic rings. The number of hydrogen-bond donors (Lipinski definition) is 2. The van der Waals surface area contributed by atoms with Crippen molar-refractivity contribution in [3.05, 3.63) is 113 Å². The molecular weight excluding hydrogens is 490 g/mol. The first kappa shape index (κ1) is 24.3. The Labute approximate surface area is 219 Å². The van der Waals surface area contributed by atoms with Crippen molar-refractivity contribution in [2.75, 3.05) is 11.4 Å². The molecule has 1 aliphatic carbocycles. The largest absolute Gasteiger partial charge is 0.478 e. The molecule has 0 spiro atoms. The first-order chi connectivity index (χ1) is 18.0. The van der Waals surface area contributed by atoms with Crippen LogP contribution in [0.4, 0.5) is 11.4 Å². The maximum atomic E-state index is 12.0. The van der Waals surface area contributed by atoms with E-state index in [4.69, 9.17) is 16.3 Å². The van der Waals surface area contributed by atoms with Gasteiger partial charge in [0.25, 0.3) is 0 Å². The highest BCUT2D eigenvalue weighted by molar-refractivity contribution is 6.30. The number of ether oxygens (including phenoxy) is 1. The zero-order valence-corrected chi connectivity index (χ0v) is 20.5. The molecular formula is C29H24ClN3O4. The number of anilines is 2. The molecule has 0 amide bonds. The van der Waals surface area contributed by atoms with Gasteiger partial charge >= 0.3 is 5.97 Å². The first-order valence-electron chi connectivity index (χ1n) is 11.8. The van der Waals surface area contributed by atoms with E-state index in [9.17, 15) is 15.1 Å². The van der Waals surface area contributed by atoms with Crippen molar-refractivity contribution in [2.45, 2.75) is 12.8 Å². The van der Waals surface area contributed by atoms with Crippen LogP contribution in [0.25, 0.3) is 0 Å². The average Bonchev–Trinajstić information content (AvgIpc) is 3.74. The van der Waals surface area contributed by atoms with E-state index in [1.807, 2.05) is 36.4 Å². The standard InChI is InChI=1S/C29H24ClN3O4/c30-21-9-11-22(12-10-21)33(18-19-6-7-19)23-13-14-26(31-17-23)28(32-36)20-8-15-27(25(16-20)29(34)35)37-24-4-2-1-3-5-24/h1-5,8-17,19,36H,6-7,18H2,(H,34,35)/b32-28+. The third-order valence-corrected chi connectivity index (χ3v) is 6.38. The van der Waals surface area contributed by atoms with Crippen LogP contribution in [-0.2, 0) is 0 Å². The smallest absolute Gasteiger partial charge is 0.339 e. The number of benzene rings is 3. The number of pyridine rings is 1. The third-order valence-electron chi connectivity index (χ3n) is 6.13. The number of rotatable bonds is 9. The van der Waals surface area contributed by atoms with Crippen LogP contribution in [0.2, 0.25) is 5.02 Å². The lowest BCUT2D eigenvalue weighted by atomic mass is 10.0. The minimum atomic E-state index is -1.16. The van der Waals surface area contributed by atoms with Gasteiger partial charge in [0, 0.05) is 22.8 Å². The summed E-state index contributed by atoms with van der Waals surface area (Å²) < 4.78 is 5.76. The van der Waals surface area contributed by atoms with Crippen molar-refractivity contribution in [1.82, 2.24) is 4.98 Å². The molecule has 0 radical (unpaired) electrons. The summed E-state index contributed by atoms with van der Waals surface area (Å²) in [5, 5.41) is 23.7. The number of halogens is 1. The Hall–Kier alpha value is -4.36. The van der Waals surface area contributed by atoms with Crippen LogP contribution in [-0.4, -0.2) is 33.5 Å². The minimum Gasteiger partial charge on any atom is -0.478 e. The maximum absolute atomic E-state index is 12.0. The summed E-state index contributed by atoms with van der Waals surface area (Å²) in [6, 6.07) is 24.9. The predicted molar refractivity (Wildman–Crippen MR) is 143 cm³/mol. The van der Waals surface area contributed by atoms with Crippen LogP contribution in [0, 0.1) is 5.92 Å². The van der Waals surface area contributed by atoms with Crippen molar-refractivity contribution in [1.29, 1.82) is 0 Å². The van der Waals surface area contributed by atoms with Gasteiger partial charge in [-0.2, -0.15) is 0 Å². The molecule has 0 saturated heterocycles. The molecule has 1 aromatic heterocycles. The second-order valence-electron chi connectivity index (χ2n) is 8.81. The Morgan fingerprint density at radius 1 is 1.00 bits per heavy atom. The molecule has 0 unspecified atom stereocenters. The summed E-state index contributed by atoms with van der Waals surface area (Å²) in [6.07, 6.45) is 4.13. The van der Waals surface area contributed by atoms with E-state index in [1.165, 1.54) is 18.9 Å². The fraction of sp³-hybridized carbons (Fsp3) is 0.138. The number of aromatic nitrogens is 1. The number of carboxylic acids is 1. The second kappa shape index (κ2) is 10.7. The lowest BCUT2D eigenvalue weighted by Crippen LogP contribution is -2.20. The molecule has 186 valence electrons. The van der Waals surface area contributed by atoms with Gasteiger partial charge < -0.3 is 20.0 Å². The Balaban J connectivity index is 1.42. The Morgan fingerprint density at radius 2 is 1.73 bits per heavy atom. The minimum absolute atomic E-state index is 0.0579. The average molecular weight is 514 g/mol. The van der Waals surface area contributed by atoms with Gasteiger partial charge in [-0.15, -0.1) is 0 Å². The number of carbonyl (C=O) groups is 1. The molecule has 1 fully saturated rings. The van der Waals surface area contributed by atoms with E-state index in [-0.39, 0.29) is 17.0 Å². The van der Waals surface area contributed by atoms with E-state index in [1.54, 1.807) is 48.7 Å². The van der Waals surface area contributed by atoms with Crippen molar-refractivity contribution < 1.29 is 19.8 Å². The van der Waals surface area contributed by atoms with Crippen molar-refractivity contribution >= 4 is 34.7 Å². The quantitative estimate of drug-likeness (QED) is 0.142. The van der Waals surface area contributed by atoms with E-state index in [2.05, 4.69) is 15.0 Å². The molecule has 7 nitrogen and oxygen atoms in total. The molecule has 1 saturated carbocycles. The summed E-state index contributed by atoms with van der Waals surface area (Å²) in [4.78, 5) is 18.7. The van der Waals surface area contributed by atoms with Crippen molar-refractivity contribution in [2.24, 2.45) is 11.1 Å². The molecule has 2 N–H and O–H groups in total. The van der Waals surface area contributed by atoms with Gasteiger partial charge in [0.1, 0.15) is 22.8 Å². The molecule has 5 rings (SSSR count). The van der Waals surface area contributed by atoms with Gasteiger partial charge in [-0.1, -0.05) is 35.0 Å². The summed E-state index contributed by atoms with van der Waals surface area (Å²) in [5.74, 6) is 0.173. The monoisotopic (exact) mass is 513 g/mol.